The van der Waals surface area contributed by atoms with Gasteiger partial charge in [-0.2, -0.15) is 0 Å². The van der Waals surface area contributed by atoms with Crippen molar-refractivity contribution in [3.63, 3.8) is 0 Å². The molecule has 1 amide bonds. The van der Waals surface area contributed by atoms with E-state index in [-0.39, 0.29) is 5.91 Å². The van der Waals surface area contributed by atoms with E-state index in [1.165, 1.54) is 0 Å². The summed E-state index contributed by atoms with van der Waals surface area (Å²) in [7, 11) is 0. The molecule has 1 aromatic heterocycles. The maximum atomic E-state index is 11.7. The molecule has 0 saturated heterocycles. The fourth-order valence-electron chi connectivity index (χ4n) is 1.14. The smallest absolute Gasteiger partial charge is 0.256 e. The minimum atomic E-state index is -0.262. The van der Waals surface area contributed by atoms with Gasteiger partial charge >= 0.3 is 0 Å². The number of aryl methyl sites for hydroxylation is 1. The molecule has 1 rings (SSSR count). The number of hydrogen-bond donors (Lipinski definition) is 1. The summed E-state index contributed by atoms with van der Waals surface area (Å²) in [6.45, 7) is 11.1. The monoisotopic (exact) mass is 228 g/mol. The van der Waals surface area contributed by atoms with Crippen LogP contribution in [0.15, 0.2) is 54.8 Å². The van der Waals surface area contributed by atoms with Crippen LogP contribution in [-0.4, -0.2) is 10.9 Å². The molecular formula is C14H16N2O. The van der Waals surface area contributed by atoms with Crippen molar-refractivity contribution >= 4 is 11.7 Å². The second kappa shape index (κ2) is 5.80. The van der Waals surface area contributed by atoms with E-state index in [0.29, 0.717) is 11.4 Å². The maximum Gasteiger partial charge on any atom is 0.256 e. The average molecular weight is 228 g/mol. The third-order valence-electron chi connectivity index (χ3n) is 2.17. The Bertz CT molecular complexity index is 470. The number of hydrogen-bond acceptors (Lipinski definition) is 2. The normalized spacial score (nSPS) is 10.8. The van der Waals surface area contributed by atoms with E-state index in [4.69, 9.17) is 0 Å². The van der Waals surface area contributed by atoms with Gasteiger partial charge in [0.25, 0.3) is 5.91 Å². The standard InChI is InChI=1S/C14H16N2O/c1-5-10(2)8-12(4)14(17)16-13-7-6-11(3)9-15-13/h5-9H,1,4H2,2-3H3,(H,15,16,17)/b10-8-. The molecule has 0 radical (unpaired) electrons. The van der Waals surface area contributed by atoms with Crippen molar-refractivity contribution in [2.24, 2.45) is 0 Å². The summed E-state index contributed by atoms with van der Waals surface area (Å²) in [4.78, 5) is 15.8. The zero-order valence-electron chi connectivity index (χ0n) is 10.2. The van der Waals surface area contributed by atoms with Crippen LogP contribution in [0, 0.1) is 6.92 Å². The molecule has 0 unspecified atom stereocenters. The molecule has 0 atom stereocenters. The molecule has 1 heterocycles. The molecule has 0 aliphatic heterocycles. The molecule has 1 N–H and O–H groups in total. The summed E-state index contributed by atoms with van der Waals surface area (Å²) in [5.74, 6) is 0.258. The topological polar surface area (TPSA) is 42.0 Å². The van der Waals surface area contributed by atoms with Crippen LogP contribution < -0.4 is 5.32 Å². The fraction of sp³-hybridized carbons (Fsp3) is 0.143. The molecule has 0 fully saturated rings. The predicted octanol–water partition coefficient (Wildman–Crippen LogP) is 3.02. The molecular weight excluding hydrogens is 212 g/mol. The number of nitrogens with zero attached hydrogens (tertiary/aromatic N) is 1. The summed E-state index contributed by atoms with van der Waals surface area (Å²) >= 11 is 0. The largest absolute Gasteiger partial charge is 0.307 e. The van der Waals surface area contributed by atoms with Gasteiger partial charge in [-0.25, -0.2) is 4.98 Å². The third-order valence-corrected chi connectivity index (χ3v) is 2.17. The summed E-state index contributed by atoms with van der Waals surface area (Å²) < 4.78 is 0. The second-order valence-electron chi connectivity index (χ2n) is 3.79. The first-order chi connectivity index (χ1) is 8.02. The Morgan fingerprint density at radius 2 is 2.18 bits per heavy atom. The number of nitrogens with one attached hydrogen (secondary N) is 1. The van der Waals surface area contributed by atoms with Gasteiger partial charge in [-0.3, -0.25) is 4.79 Å². The number of amides is 1. The summed E-state index contributed by atoms with van der Waals surface area (Å²) in [6, 6.07) is 3.64. The lowest BCUT2D eigenvalue weighted by Crippen LogP contribution is -2.13. The quantitative estimate of drug-likeness (QED) is 0.635. The highest BCUT2D eigenvalue weighted by Crippen LogP contribution is 2.07. The van der Waals surface area contributed by atoms with Crippen LogP contribution >= 0.6 is 0 Å². The van der Waals surface area contributed by atoms with Crippen molar-refractivity contribution in [2.75, 3.05) is 5.32 Å². The van der Waals surface area contributed by atoms with Gasteiger partial charge in [-0.1, -0.05) is 30.9 Å². The lowest BCUT2D eigenvalue weighted by atomic mass is 10.2. The van der Waals surface area contributed by atoms with E-state index < -0.39 is 0 Å². The maximum absolute atomic E-state index is 11.7. The number of anilines is 1. The molecule has 0 aromatic carbocycles. The van der Waals surface area contributed by atoms with Crippen LogP contribution in [0.25, 0.3) is 0 Å². The summed E-state index contributed by atoms with van der Waals surface area (Å²) in [5, 5.41) is 2.67. The van der Waals surface area contributed by atoms with E-state index in [9.17, 15) is 4.79 Å². The minimum Gasteiger partial charge on any atom is -0.307 e. The molecule has 1 aromatic rings. The van der Waals surface area contributed by atoms with Crippen LogP contribution in [0.5, 0.6) is 0 Å². The van der Waals surface area contributed by atoms with E-state index in [2.05, 4.69) is 23.5 Å². The molecule has 17 heavy (non-hydrogen) atoms. The Labute approximate surface area is 102 Å². The van der Waals surface area contributed by atoms with Crippen molar-refractivity contribution in [1.29, 1.82) is 0 Å². The van der Waals surface area contributed by atoms with Gasteiger partial charge in [0.05, 0.1) is 0 Å². The molecule has 0 spiro atoms. The van der Waals surface area contributed by atoms with E-state index >= 15 is 0 Å². The Kier molecular flexibility index (Phi) is 4.40. The second-order valence-corrected chi connectivity index (χ2v) is 3.79. The third kappa shape index (κ3) is 4.07. The Hall–Kier alpha value is -2.16. The highest BCUT2D eigenvalue weighted by molar-refractivity contribution is 6.04. The average Bonchev–Trinajstić information content (AvgIpc) is 2.31. The first kappa shape index (κ1) is 12.9. The summed E-state index contributed by atoms with van der Waals surface area (Å²) in [5.41, 5.74) is 2.32. The van der Waals surface area contributed by atoms with Crippen molar-refractivity contribution in [3.8, 4) is 0 Å². The zero-order chi connectivity index (χ0) is 12.8. The Balaban J connectivity index is 2.70. The summed E-state index contributed by atoms with van der Waals surface area (Å²) in [6.07, 6.45) is 5.04. The molecule has 88 valence electrons. The molecule has 0 saturated carbocycles. The zero-order valence-corrected chi connectivity index (χ0v) is 10.2. The van der Waals surface area contributed by atoms with Gasteiger partial charge < -0.3 is 5.32 Å². The number of rotatable bonds is 4. The molecule has 0 aliphatic rings. The van der Waals surface area contributed by atoms with Crippen molar-refractivity contribution in [2.45, 2.75) is 13.8 Å². The first-order valence-corrected chi connectivity index (χ1v) is 5.26. The Morgan fingerprint density at radius 3 is 2.71 bits per heavy atom. The number of allylic oxidation sites excluding steroid dienone is 2. The van der Waals surface area contributed by atoms with E-state index in [1.54, 1.807) is 24.4 Å². The number of carbonyl (C=O) groups is 1. The van der Waals surface area contributed by atoms with E-state index in [1.807, 2.05) is 19.9 Å². The van der Waals surface area contributed by atoms with Crippen molar-refractivity contribution in [3.05, 3.63) is 60.3 Å². The molecule has 3 nitrogen and oxygen atoms in total. The molecule has 0 aliphatic carbocycles. The van der Waals surface area contributed by atoms with Gasteiger partial charge in [-0.05, 0) is 31.6 Å². The van der Waals surface area contributed by atoms with Gasteiger partial charge in [0.1, 0.15) is 5.82 Å². The van der Waals surface area contributed by atoms with Crippen LogP contribution in [-0.2, 0) is 4.79 Å². The van der Waals surface area contributed by atoms with E-state index in [0.717, 1.165) is 11.1 Å². The molecule has 3 heteroatoms. The van der Waals surface area contributed by atoms with Gasteiger partial charge in [-0.15, -0.1) is 0 Å². The number of carbonyl (C=O) groups excluding carboxylic acids is 1. The van der Waals surface area contributed by atoms with Crippen LogP contribution in [0.4, 0.5) is 5.82 Å². The Morgan fingerprint density at radius 1 is 1.47 bits per heavy atom. The van der Waals surface area contributed by atoms with Crippen LogP contribution in [0.1, 0.15) is 12.5 Å². The van der Waals surface area contributed by atoms with Crippen LogP contribution in [0.3, 0.4) is 0 Å². The van der Waals surface area contributed by atoms with Crippen LogP contribution in [0.2, 0.25) is 0 Å². The van der Waals surface area contributed by atoms with Crippen molar-refractivity contribution in [1.82, 2.24) is 4.98 Å². The van der Waals surface area contributed by atoms with Crippen molar-refractivity contribution < 1.29 is 4.79 Å². The SMILES string of the molecule is C=C/C(C)=C\C(=C)C(=O)Nc1ccc(C)cn1. The highest BCUT2D eigenvalue weighted by Gasteiger charge is 2.05. The predicted molar refractivity (Wildman–Crippen MR) is 70.7 cm³/mol. The number of aromatic nitrogens is 1. The lowest BCUT2D eigenvalue weighted by molar-refractivity contribution is -0.112. The minimum absolute atomic E-state index is 0.262. The van der Waals surface area contributed by atoms with Gasteiger partial charge in [0.2, 0.25) is 0 Å². The number of pyridine rings is 1. The van der Waals surface area contributed by atoms with Gasteiger partial charge in [0, 0.05) is 11.8 Å². The molecule has 0 bridgehead atoms. The first-order valence-electron chi connectivity index (χ1n) is 5.26. The lowest BCUT2D eigenvalue weighted by Gasteiger charge is -2.04. The highest BCUT2D eigenvalue weighted by atomic mass is 16.1. The fourth-order valence-corrected chi connectivity index (χ4v) is 1.14. The van der Waals surface area contributed by atoms with Gasteiger partial charge in [0.15, 0.2) is 0 Å².